The van der Waals surface area contributed by atoms with Crippen LogP contribution in [0.4, 0.5) is 5.13 Å². The van der Waals surface area contributed by atoms with Gasteiger partial charge in [-0.25, -0.2) is 9.97 Å². The van der Waals surface area contributed by atoms with Gasteiger partial charge in [-0.3, -0.25) is 0 Å². The van der Waals surface area contributed by atoms with E-state index >= 15 is 0 Å². The monoisotopic (exact) mass is 249 g/mol. The normalized spacial score (nSPS) is 12.4. The third kappa shape index (κ3) is 2.74. The summed E-state index contributed by atoms with van der Waals surface area (Å²) < 4.78 is 5.42. The minimum atomic E-state index is -0.0583. The molecule has 17 heavy (non-hydrogen) atoms. The summed E-state index contributed by atoms with van der Waals surface area (Å²) in [5, 5.41) is 2.48. The van der Waals surface area contributed by atoms with Crippen LogP contribution in [-0.2, 0) is 5.41 Å². The molecule has 2 N–H and O–H groups in total. The third-order valence-electron chi connectivity index (χ3n) is 2.23. The second-order valence-electron chi connectivity index (χ2n) is 4.76. The summed E-state index contributed by atoms with van der Waals surface area (Å²) in [5.41, 5.74) is 7.19. The highest BCUT2D eigenvalue weighted by Gasteiger charge is 2.21. The summed E-state index contributed by atoms with van der Waals surface area (Å²) in [5.74, 6) is 0.872. The molecule has 0 radical (unpaired) electrons. The minimum Gasteiger partial charge on any atom is -0.447 e. The second-order valence-corrected chi connectivity index (χ2v) is 5.65. The Labute approximate surface area is 104 Å². The maximum absolute atomic E-state index is 5.57. The van der Waals surface area contributed by atoms with Crippen LogP contribution < -0.4 is 5.73 Å². The lowest BCUT2D eigenvalue weighted by Gasteiger charge is -2.14. The van der Waals surface area contributed by atoms with Crippen molar-refractivity contribution >= 4 is 28.6 Å². The average molecular weight is 249 g/mol. The first-order valence-electron chi connectivity index (χ1n) is 5.30. The Morgan fingerprint density at radius 3 is 2.71 bits per heavy atom. The van der Waals surface area contributed by atoms with Crippen LogP contribution >= 0.6 is 11.3 Å². The molecule has 0 fully saturated rings. The van der Waals surface area contributed by atoms with Gasteiger partial charge in [-0.15, -0.1) is 11.3 Å². The van der Waals surface area contributed by atoms with Crippen LogP contribution in [0.2, 0.25) is 0 Å². The lowest BCUT2D eigenvalue weighted by Crippen LogP contribution is -2.11. The van der Waals surface area contributed by atoms with E-state index in [0.717, 1.165) is 17.1 Å². The molecule has 0 aliphatic heterocycles. The molecule has 2 aromatic heterocycles. The highest BCUT2D eigenvalue weighted by atomic mass is 32.1. The quantitative estimate of drug-likeness (QED) is 0.887. The van der Waals surface area contributed by atoms with Crippen molar-refractivity contribution in [2.45, 2.75) is 26.2 Å². The van der Waals surface area contributed by atoms with Crippen molar-refractivity contribution in [1.82, 2.24) is 9.97 Å². The van der Waals surface area contributed by atoms with Gasteiger partial charge in [-0.05, 0) is 12.2 Å². The molecule has 0 bridgehead atoms. The number of oxazole rings is 1. The van der Waals surface area contributed by atoms with E-state index in [-0.39, 0.29) is 5.41 Å². The predicted octanol–water partition coefficient (Wildman–Crippen LogP) is 3.18. The molecule has 4 nitrogen and oxygen atoms in total. The van der Waals surface area contributed by atoms with Crippen molar-refractivity contribution in [1.29, 1.82) is 0 Å². The second kappa shape index (κ2) is 4.33. The van der Waals surface area contributed by atoms with Gasteiger partial charge in [0.05, 0.1) is 5.69 Å². The number of hydrogen-bond acceptors (Lipinski definition) is 5. The van der Waals surface area contributed by atoms with Crippen molar-refractivity contribution in [2.75, 3.05) is 5.73 Å². The number of nitrogen functional groups attached to an aromatic ring is 1. The number of hydrogen-bond donors (Lipinski definition) is 1. The molecule has 0 saturated heterocycles. The van der Waals surface area contributed by atoms with Gasteiger partial charge in [0.2, 0.25) is 0 Å². The first-order valence-corrected chi connectivity index (χ1v) is 6.18. The minimum absolute atomic E-state index is 0.0583. The number of nitrogens with zero attached hydrogens (tertiary/aromatic N) is 2. The highest BCUT2D eigenvalue weighted by molar-refractivity contribution is 7.13. The van der Waals surface area contributed by atoms with E-state index in [0.29, 0.717) is 5.13 Å². The molecule has 2 aromatic rings. The van der Waals surface area contributed by atoms with Gasteiger partial charge in [-0.1, -0.05) is 20.8 Å². The molecular weight excluding hydrogens is 234 g/mol. The molecule has 0 amide bonds. The first kappa shape index (κ1) is 11.9. The predicted molar refractivity (Wildman–Crippen MR) is 70.7 cm³/mol. The molecule has 0 atom stereocenters. The van der Waals surface area contributed by atoms with Gasteiger partial charge >= 0.3 is 0 Å². The van der Waals surface area contributed by atoms with Crippen LogP contribution in [0.5, 0.6) is 0 Å². The topological polar surface area (TPSA) is 64.9 Å². The van der Waals surface area contributed by atoms with Gasteiger partial charge in [0.25, 0.3) is 0 Å². The Balaban J connectivity index is 2.25. The zero-order valence-electron chi connectivity index (χ0n) is 10.1. The SMILES string of the molecule is CC(C)(C)c1ocnc1/C=C/c1csc(N)n1. The summed E-state index contributed by atoms with van der Waals surface area (Å²) in [6.45, 7) is 6.27. The van der Waals surface area contributed by atoms with Crippen molar-refractivity contribution in [3.8, 4) is 0 Å². The number of rotatable bonds is 2. The third-order valence-corrected chi connectivity index (χ3v) is 2.92. The smallest absolute Gasteiger partial charge is 0.181 e. The largest absolute Gasteiger partial charge is 0.447 e. The van der Waals surface area contributed by atoms with E-state index in [1.807, 2.05) is 17.5 Å². The van der Waals surface area contributed by atoms with Crippen LogP contribution in [0, 0.1) is 0 Å². The molecule has 2 heterocycles. The number of aromatic nitrogens is 2. The Morgan fingerprint density at radius 1 is 1.35 bits per heavy atom. The van der Waals surface area contributed by atoms with Crippen LogP contribution in [0.3, 0.4) is 0 Å². The molecular formula is C12H15N3OS. The number of anilines is 1. The zero-order valence-corrected chi connectivity index (χ0v) is 10.9. The zero-order chi connectivity index (χ0) is 12.5. The molecule has 0 aromatic carbocycles. The van der Waals surface area contributed by atoms with Gasteiger partial charge in [-0.2, -0.15) is 0 Å². The lowest BCUT2D eigenvalue weighted by molar-refractivity contribution is 0.407. The van der Waals surface area contributed by atoms with Crippen LogP contribution in [0.25, 0.3) is 12.2 Å². The Bertz CT molecular complexity index is 534. The fraction of sp³-hybridized carbons (Fsp3) is 0.333. The maximum atomic E-state index is 5.57. The van der Waals surface area contributed by atoms with Crippen LogP contribution in [0.1, 0.15) is 37.9 Å². The van der Waals surface area contributed by atoms with Gasteiger partial charge in [0, 0.05) is 10.8 Å². The van der Waals surface area contributed by atoms with E-state index in [1.54, 1.807) is 0 Å². The molecule has 90 valence electrons. The molecule has 0 saturated carbocycles. The van der Waals surface area contributed by atoms with Gasteiger partial charge in [0.1, 0.15) is 11.5 Å². The molecule has 0 unspecified atom stereocenters. The van der Waals surface area contributed by atoms with E-state index in [9.17, 15) is 0 Å². The van der Waals surface area contributed by atoms with Crippen molar-refractivity contribution in [3.63, 3.8) is 0 Å². The summed E-state index contributed by atoms with van der Waals surface area (Å²) in [6.07, 6.45) is 5.26. The lowest BCUT2D eigenvalue weighted by atomic mass is 9.92. The molecule has 0 aliphatic rings. The summed E-state index contributed by atoms with van der Waals surface area (Å²) in [7, 11) is 0. The molecule has 0 aliphatic carbocycles. The maximum Gasteiger partial charge on any atom is 0.181 e. The molecule has 2 rings (SSSR count). The summed E-state index contributed by atoms with van der Waals surface area (Å²) in [6, 6.07) is 0. The fourth-order valence-electron chi connectivity index (χ4n) is 1.48. The molecule has 0 spiro atoms. The molecule has 5 heteroatoms. The standard InChI is InChI=1S/C12H15N3OS/c1-12(2,3)10-9(14-7-16-10)5-4-8-6-17-11(13)15-8/h4-7H,1-3H3,(H2,13,15)/b5-4+. The highest BCUT2D eigenvalue weighted by Crippen LogP contribution is 2.26. The first-order chi connectivity index (χ1) is 7.97. The Kier molecular flexibility index (Phi) is 3.02. The van der Waals surface area contributed by atoms with Gasteiger partial charge in [0.15, 0.2) is 11.5 Å². The van der Waals surface area contributed by atoms with E-state index in [4.69, 9.17) is 10.2 Å². The Hall–Kier alpha value is -1.62. The number of nitrogens with two attached hydrogens (primary N) is 1. The van der Waals surface area contributed by atoms with Crippen LogP contribution in [0.15, 0.2) is 16.2 Å². The van der Waals surface area contributed by atoms with E-state index < -0.39 is 0 Å². The summed E-state index contributed by atoms with van der Waals surface area (Å²) in [4.78, 5) is 8.35. The summed E-state index contributed by atoms with van der Waals surface area (Å²) >= 11 is 1.42. The average Bonchev–Trinajstić information content (AvgIpc) is 2.81. The van der Waals surface area contributed by atoms with E-state index in [2.05, 4.69) is 30.7 Å². The Morgan fingerprint density at radius 2 is 2.12 bits per heavy atom. The van der Waals surface area contributed by atoms with Crippen molar-refractivity contribution in [3.05, 3.63) is 28.9 Å². The number of thiazole rings is 1. The van der Waals surface area contributed by atoms with Gasteiger partial charge < -0.3 is 10.2 Å². The van der Waals surface area contributed by atoms with Crippen LogP contribution in [-0.4, -0.2) is 9.97 Å². The fourth-order valence-corrected chi connectivity index (χ4v) is 2.01. The van der Waals surface area contributed by atoms with Crippen molar-refractivity contribution in [2.24, 2.45) is 0 Å². The van der Waals surface area contributed by atoms with Crippen molar-refractivity contribution < 1.29 is 4.42 Å². The van der Waals surface area contributed by atoms with E-state index in [1.165, 1.54) is 17.7 Å².